The van der Waals surface area contributed by atoms with Gasteiger partial charge in [-0.15, -0.1) is 0 Å². The monoisotopic (exact) mass is 389 g/mol. The minimum absolute atomic E-state index is 0.0208. The van der Waals surface area contributed by atoms with E-state index in [2.05, 4.69) is 20.9 Å². The van der Waals surface area contributed by atoms with Gasteiger partial charge in [-0.2, -0.15) is 5.26 Å². The maximum Gasteiger partial charge on any atom is 0.253 e. The number of hydrogen-bond donors (Lipinski definition) is 0. The zero-order chi connectivity index (χ0) is 24.4. The third kappa shape index (κ3) is 4.15. The molecule has 1 amide bonds. The Bertz CT molecular complexity index is 1040. The van der Waals surface area contributed by atoms with E-state index in [9.17, 15) is 10.1 Å². The second-order valence-electron chi connectivity index (χ2n) is 6.12. The summed E-state index contributed by atoms with van der Waals surface area (Å²) in [5.41, 5.74) is 1.86. The number of aromatic nitrogens is 1. The zero-order valence-corrected chi connectivity index (χ0v) is 15.3. The van der Waals surface area contributed by atoms with Crippen LogP contribution in [0, 0.1) is 11.3 Å². The maximum absolute atomic E-state index is 12.6. The van der Waals surface area contributed by atoms with Crippen molar-refractivity contribution >= 4 is 28.9 Å². The summed E-state index contributed by atoms with van der Waals surface area (Å²) in [5, 5.41) is 9.59. The van der Waals surface area contributed by atoms with Gasteiger partial charge in [0.15, 0.2) is 0 Å². The molecule has 2 aromatic rings. The molecule has 2 heterocycles. The highest BCUT2D eigenvalue weighted by Crippen LogP contribution is 2.27. The Morgan fingerprint density at radius 2 is 1.89 bits per heavy atom. The predicted octanol–water partition coefficient (Wildman–Crippen LogP) is 3.03. The first-order valence-electron chi connectivity index (χ1n) is 11.4. The van der Waals surface area contributed by atoms with Crippen LogP contribution in [-0.2, 0) is 0 Å². The smallest absolute Gasteiger partial charge is 0.253 e. The summed E-state index contributed by atoms with van der Waals surface area (Å²) in [6.45, 7) is -3.48. The first-order chi connectivity index (χ1) is 15.4. The van der Waals surface area contributed by atoms with Crippen LogP contribution in [0.15, 0.2) is 36.5 Å². The quantitative estimate of drug-likeness (QED) is 0.755. The molecule has 3 rings (SSSR count). The van der Waals surface area contributed by atoms with E-state index < -0.39 is 19.9 Å². The summed E-state index contributed by atoms with van der Waals surface area (Å²) in [7, 11) is 0. The lowest BCUT2D eigenvalue weighted by Gasteiger charge is -2.25. The average Bonchev–Trinajstić information content (AvgIpc) is 2.98. The van der Waals surface area contributed by atoms with Crippen LogP contribution in [0.25, 0.3) is 0 Å². The highest BCUT2D eigenvalue weighted by Gasteiger charge is 2.19. The summed E-state index contributed by atoms with van der Waals surface area (Å²) in [4.78, 5) is 20.7. The van der Waals surface area contributed by atoms with Crippen molar-refractivity contribution in [2.75, 3.05) is 49.9 Å². The van der Waals surface area contributed by atoms with E-state index in [0.29, 0.717) is 25.2 Å². The van der Waals surface area contributed by atoms with Crippen molar-refractivity contribution in [2.24, 2.45) is 0 Å². The highest BCUT2D eigenvalue weighted by molar-refractivity contribution is 6.30. The molecule has 0 aliphatic carbocycles. The molecule has 0 saturated carbocycles. The Morgan fingerprint density at radius 1 is 1.19 bits per heavy atom. The zero-order valence-electron chi connectivity index (χ0n) is 20.5. The van der Waals surface area contributed by atoms with E-state index in [0.717, 1.165) is 24.3 Å². The van der Waals surface area contributed by atoms with E-state index in [4.69, 9.17) is 19.8 Å². The van der Waals surface area contributed by atoms with E-state index in [1.165, 1.54) is 12.1 Å². The second kappa shape index (κ2) is 8.28. The van der Waals surface area contributed by atoms with E-state index in [1.807, 2.05) is 0 Å². The van der Waals surface area contributed by atoms with Gasteiger partial charge in [0.05, 0.1) is 5.69 Å². The number of amides is 1. The maximum atomic E-state index is 12.6. The molecule has 1 fully saturated rings. The topological polar surface area (TPSA) is 63.5 Å². The van der Waals surface area contributed by atoms with Crippen molar-refractivity contribution < 1.29 is 13.0 Å². The van der Waals surface area contributed by atoms with Gasteiger partial charge in [0.2, 0.25) is 0 Å². The lowest BCUT2D eigenvalue weighted by Crippen LogP contribution is -2.31. The van der Waals surface area contributed by atoms with Gasteiger partial charge in [-0.1, -0.05) is 11.6 Å². The van der Waals surface area contributed by atoms with Gasteiger partial charge in [-0.3, -0.25) is 4.79 Å². The molecule has 1 aliphatic rings. The third-order valence-corrected chi connectivity index (χ3v) is 4.80. The number of nitrogens with zero attached hydrogens (tertiary/aromatic N) is 5. The molecule has 7 heteroatoms. The van der Waals surface area contributed by atoms with Gasteiger partial charge in [0, 0.05) is 65.8 Å². The number of hydrogen-bond acceptors (Lipinski definition) is 5. The van der Waals surface area contributed by atoms with Crippen LogP contribution in [0.5, 0.6) is 0 Å². The fourth-order valence-corrected chi connectivity index (χ4v) is 3.35. The Hall–Kier alpha value is -2.78. The first-order valence-corrected chi connectivity index (χ1v) is 8.80. The number of rotatable bonds is 3. The Morgan fingerprint density at radius 3 is 2.59 bits per heavy atom. The summed E-state index contributed by atoms with van der Waals surface area (Å²) in [6.07, 6.45) is 2.37. The number of anilines is 2. The van der Waals surface area contributed by atoms with Crippen LogP contribution >= 0.6 is 11.6 Å². The van der Waals surface area contributed by atoms with Gasteiger partial charge in [0.1, 0.15) is 16.8 Å². The van der Waals surface area contributed by atoms with Crippen molar-refractivity contribution in [2.45, 2.75) is 6.42 Å². The number of nitriles is 1. The fourth-order valence-electron chi connectivity index (χ4n) is 3.15. The van der Waals surface area contributed by atoms with Crippen molar-refractivity contribution in [3.63, 3.8) is 0 Å². The number of carbonyl (C=O) groups is 1. The second-order valence-corrected chi connectivity index (χ2v) is 6.48. The molecular formula is C20H22ClN5O. The molecule has 27 heavy (non-hydrogen) atoms. The van der Waals surface area contributed by atoms with E-state index >= 15 is 0 Å². The van der Waals surface area contributed by atoms with Crippen molar-refractivity contribution in [1.29, 1.82) is 5.26 Å². The van der Waals surface area contributed by atoms with Gasteiger partial charge < -0.3 is 14.7 Å². The third-order valence-electron chi connectivity index (χ3n) is 4.51. The summed E-state index contributed by atoms with van der Waals surface area (Å²) in [5.74, 6) is -1.08. The molecule has 140 valence electrons. The predicted molar refractivity (Wildman–Crippen MR) is 107 cm³/mol. The SMILES string of the molecule is [2H]C([2H])([2H])N(C(=O)c1ccc(N2CCCN(c3ccnc(Cl)c3C#N)CC2)cc1)C([2H])([2H])[2H]. The summed E-state index contributed by atoms with van der Waals surface area (Å²) >= 11 is 6.06. The number of benzene rings is 1. The molecule has 1 saturated heterocycles. The largest absolute Gasteiger partial charge is 0.370 e. The minimum Gasteiger partial charge on any atom is -0.370 e. The molecule has 0 atom stereocenters. The lowest BCUT2D eigenvalue weighted by molar-refractivity contribution is 0.0827. The van der Waals surface area contributed by atoms with Crippen LogP contribution in [0.3, 0.4) is 0 Å². The van der Waals surface area contributed by atoms with Gasteiger partial charge in [-0.25, -0.2) is 4.98 Å². The van der Waals surface area contributed by atoms with Crippen LogP contribution < -0.4 is 9.80 Å². The summed E-state index contributed by atoms with van der Waals surface area (Å²) in [6, 6.07) is 10.1. The Balaban J connectivity index is 1.75. The Kier molecular flexibility index (Phi) is 3.86. The molecular weight excluding hydrogens is 362 g/mol. The minimum atomic E-state index is -3.09. The van der Waals surface area contributed by atoms with Crippen LogP contribution in [0.4, 0.5) is 11.4 Å². The number of carbonyl (C=O) groups excluding carboxylic acids is 1. The molecule has 0 unspecified atom stereocenters. The van der Waals surface area contributed by atoms with Crippen molar-refractivity contribution in [1.82, 2.24) is 9.88 Å². The van der Waals surface area contributed by atoms with Crippen LogP contribution in [-0.4, -0.2) is 55.9 Å². The fraction of sp³-hybridized carbons (Fsp3) is 0.350. The molecule has 0 bridgehead atoms. The summed E-state index contributed by atoms with van der Waals surface area (Å²) < 4.78 is 44.5. The molecule has 1 aliphatic heterocycles. The molecule has 0 radical (unpaired) electrons. The molecule has 0 N–H and O–H groups in total. The Labute approximate surface area is 173 Å². The standard InChI is InChI=1S/C20H22ClN5O/c1-24(2)20(27)15-4-6-16(7-5-15)25-10-3-11-26(13-12-25)18-8-9-23-19(21)17(18)14-22/h4-9H,3,10-13H2,1-2H3/i1D3,2D3. The van der Waals surface area contributed by atoms with Crippen molar-refractivity contribution in [3.05, 3.63) is 52.8 Å². The van der Waals surface area contributed by atoms with Gasteiger partial charge >= 0.3 is 0 Å². The van der Waals surface area contributed by atoms with E-state index in [-0.39, 0.29) is 15.6 Å². The molecule has 6 nitrogen and oxygen atoms in total. The van der Waals surface area contributed by atoms with Crippen LogP contribution in [0.1, 0.15) is 30.6 Å². The van der Waals surface area contributed by atoms with E-state index in [1.54, 1.807) is 24.4 Å². The van der Waals surface area contributed by atoms with Crippen molar-refractivity contribution in [3.8, 4) is 6.07 Å². The van der Waals surface area contributed by atoms with Crippen LogP contribution in [0.2, 0.25) is 5.15 Å². The normalized spacial score (nSPS) is 18.7. The molecule has 1 aromatic carbocycles. The van der Waals surface area contributed by atoms with Gasteiger partial charge in [-0.05, 0) is 36.8 Å². The number of pyridine rings is 1. The highest BCUT2D eigenvalue weighted by atomic mass is 35.5. The lowest BCUT2D eigenvalue weighted by atomic mass is 10.1. The number of halogens is 1. The average molecular weight is 390 g/mol. The molecule has 1 aromatic heterocycles. The first kappa shape index (κ1) is 12.6. The van der Waals surface area contributed by atoms with Gasteiger partial charge in [0.25, 0.3) is 5.91 Å². The molecule has 0 spiro atoms.